The molecule has 1 rings (SSSR count). The molecular weight excluding hydrogens is 252 g/mol. The fraction of sp³-hybridized carbons (Fsp3) is 1.00. The molecule has 1 fully saturated rings. The first-order chi connectivity index (χ1) is 10.0. The van der Waals surface area contributed by atoms with Crippen LogP contribution in [0.5, 0.6) is 0 Å². The van der Waals surface area contributed by atoms with Crippen molar-refractivity contribution in [3.8, 4) is 0 Å². The van der Waals surface area contributed by atoms with Gasteiger partial charge in [-0.15, -0.1) is 0 Å². The van der Waals surface area contributed by atoms with Gasteiger partial charge in [0.15, 0.2) is 0 Å². The lowest BCUT2D eigenvalue weighted by Crippen LogP contribution is -2.25. The summed E-state index contributed by atoms with van der Waals surface area (Å²) in [7, 11) is 0. The Balaban J connectivity index is -0.0000000566. The van der Waals surface area contributed by atoms with Crippen molar-refractivity contribution in [3.63, 3.8) is 0 Å². The summed E-state index contributed by atoms with van der Waals surface area (Å²) < 4.78 is 0. The third kappa shape index (κ3) is 38.3. The fourth-order valence-corrected chi connectivity index (χ4v) is 1.51. The summed E-state index contributed by atoms with van der Waals surface area (Å²) >= 11 is 0. The number of hydrogen-bond acceptors (Lipinski definition) is 0. The largest absolute Gasteiger partial charge is 0.0683 e. The van der Waals surface area contributed by atoms with Gasteiger partial charge in [0, 0.05) is 0 Å². The van der Waals surface area contributed by atoms with E-state index in [1.165, 1.54) is 32.1 Å². The van der Waals surface area contributed by atoms with Crippen molar-refractivity contribution in [1.82, 2.24) is 0 Å². The lowest BCUT2D eigenvalue weighted by atomic mass is 9.71. The van der Waals surface area contributed by atoms with Crippen LogP contribution in [0.4, 0.5) is 0 Å². The fourth-order valence-electron chi connectivity index (χ4n) is 1.51. The van der Waals surface area contributed by atoms with Crippen molar-refractivity contribution < 1.29 is 0 Å². The predicted octanol–water partition coefficient (Wildman–Crippen LogP) is 8.99. The predicted molar refractivity (Wildman–Crippen MR) is 107 cm³/mol. The minimum atomic E-state index is 0.936. The molecule has 1 aliphatic carbocycles. The van der Waals surface area contributed by atoms with Gasteiger partial charge >= 0.3 is 0 Å². The van der Waals surface area contributed by atoms with Crippen LogP contribution < -0.4 is 0 Å². The van der Waals surface area contributed by atoms with E-state index in [9.17, 15) is 0 Å². The highest BCUT2D eigenvalue weighted by atomic mass is 14.3. The van der Waals surface area contributed by atoms with Crippen LogP contribution in [0.2, 0.25) is 0 Å². The van der Waals surface area contributed by atoms with Crippen molar-refractivity contribution >= 4 is 0 Å². The molecule has 1 saturated carbocycles. The summed E-state index contributed by atoms with van der Waals surface area (Å²) in [5, 5.41) is 0. The third-order valence-corrected chi connectivity index (χ3v) is 2.85. The second-order valence-electron chi connectivity index (χ2n) is 5.29. The number of rotatable bonds is 2. The average Bonchev–Trinajstić information content (AvgIpc) is 2.51. The zero-order chi connectivity index (χ0) is 18.3. The molecule has 0 N–H and O–H groups in total. The van der Waals surface area contributed by atoms with Gasteiger partial charge < -0.3 is 0 Å². The first-order valence-corrected chi connectivity index (χ1v) is 10.0. The van der Waals surface area contributed by atoms with Gasteiger partial charge in [-0.05, 0) is 30.6 Å². The molecule has 0 aromatic heterocycles. The molecule has 0 bridgehead atoms. The van der Waals surface area contributed by atoms with Crippen molar-refractivity contribution in [2.75, 3.05) is 0 Å². The SMILES string of the molecule is CC.CC.CC.CC1CC(C(C)C)C1.CCC.CCCC. The Morgan fingerprint density at radius 2 is 0.952 bits per heavy atom. The second kappa shape index (κ2) is 36.8. The maximum atomic E-state index is 2.35. The molecule has 0 amide bonds. The minimum Gasteiger partial charge on any atom is -0.0683 e. The molecule has 0 aromatic carbocycles. The summed E-state index contributed by atoms with van der Waals surface area (Å²) in [5.74, 6) is 3.03. The molecule has 0 unspecified atom stereocenters. The van der Waals surface area contributed by atoms with Gasteiger partial charge in [-0.1, -0.05) is 109 Å². The highest BCUT2D eigenvalue weighted by Gasteiger charge is 2.27. The lowest BCUT2D eigenvalue weighted by Gasteiger charge is -2.35. The van der Waals surface area contributed by atoms with Gasteiger partial charge in [-0.25, -0.2) is 0 Å². The maximum absolute atomic E-state index is 2.35. The molecule has 0 radical (unpaired) electrons. The Morgan fingerprint density at radius 1 is 0.714 bits per heavy atom. The first-order valence-electron chi connectivity index (χ1n) is 10.0. The summed E-state index contributed by atoms with van der Waals surface area (Å²) in [4.78, 5) is 0. The molecule has 21 heavy (non-hydrogen) atoms. The zero-order valence-corrected chi connectivity index (χ0v) is 18.3. The molecule has 0 spiro atoms. The van der Waals surface area contributed by atoms with E-state index >= 15 is 0 Å². The highest BCUT2D eigenvalue weighted by molar-refractivity contribution is 4.77. The van der Waals surface area contributed by atoms with Crippen LogP contribution in [0.25, 0.3) is 0 Å². The molecule has 0 heterocycles. The van der Waals surface area contributed by atoms with Crippen LogP contribution in [0.3, 0.4) is 0 Å². The quantitative estimate of drug-likeness (QED) is 0.477. The Hall–Kier alpha value is 0. The van der Waals surface area contributed by atoms with Gasteiger partial charge in [0.05, 0.1) is 0 Å². The summed E-state index contributed by atoms with van der Waals surface area (Å²) in [6.45, 7) is 27.6. The third-order valence-electron chi connectivity index (χ3n) is 2.85. The molecule has 1 aliphatic rings. The number of unbranched alkanes of at least 4 members (excludes halogenated alkanes) is 1. The maximum Gasteiger partial charge on any atom is -0.0386 e. The first kappa shape index (κ1) is 32.8. The second-order valence-corrected chi connectivity index (χ2v) is 5.29. The topological polar surface area (TPSA) is 0 Å². The molecule has 0 aliphatic heterocycles. The van der Waals surface area contributed by atoms with Crippen LogP contribution in [0, 0.1) is 17.8 Å². The highest BCUT2D eigenvalue weighted by Crippen LogP contribution is 2.37. The standard InChI is InChI=1S/C8H16.C4H10.C3H8.3C2H6/c1-6(2)8-4-7(3)5-8;1-3-4-2;1-3-2;3*1-2/h6-8H,4-5H2,1-3H3;3-4H2,1-2H3;3H2,1-2H3;3*1-2H3. The van der Waals surface area contributed by atoms with E-state index in [2.05, 4.69) is 48.5 Å². The molecular formula is C21H52. The van der Waals surface area contributed by atoms with Gasteiger partial charge in [-0.3, -0.25) is 0 Å². The van der Waals surface area contributed by atoms with Crippen molar-refractivity contribution in [3.05, 3.63) is 0 Å². The van der Waals surface area contributed by atoms with Gasteiger partial charge in [0.25, 0.3) is 0 Å². The zero-order valence-electron chi connectivity index (χ0n) is 18.3. The Bertz CT molecular complexity index is 96.6. The monoisotopic (exact) mass is 304 g/mol. The summed E-state index contributed by atoms with van der Waals surface area (Å²) in [5.41, 5.74) is 0. The van der Waals surface area contributed by atoms with Crippen LogP contribution in [-0.4, -0.2) is 0 Å². The lowest BCUT2D eigenvalue weighted by molar-refractivity contribution is 0.156. The average molecular weight is 305 g/mol. The van der Waals surface area contributed by atoms with Crippen molar-refractivity contribution in [1.29, 1.82) is 0 Å². The van der Waals surface area contributed by atoms with Gasteiger partial charge in [0.2, 0.25) is 0 Å². The van der Waals surface area contributed by atoms with E-state index < -0.39 is 0 Å². The molecule has 0 heteroatoms. The molecule has 136 valence electrons. The van der Waals surface area contributed by atoms with Crippen LogP contribution in [0.1, 0.15) is 122 Å². The Kier molecular flexibility index (Phi) is 57.6. The molecule has 0 nitrogen and oxygen atoms in total. The van der Waals surface area contributed by atoms with Crippen molar-refractivity contribution in [2.24, 2.45) is 17.8 Å². The van der Waals surface area contributed by atoms with Crippen molar-refractivity contribution in [2.45, 2.75) is 122 Å². The van der Waals surface area contributed by atoms with Crippen LogP contribution in [-0.2, 0) is 0 Å². The summed E-state index contributed by atoms with van der Waals surface area (Å²) in [6, 6.07) is 0. The Morgan fingerprint density at radius 3 is 1.00 bits per heavy atom. The minimum absolute atomic E-state index is 0.936. The van der Waals surface area contributed by atoms with E-state index in [4.69, 9.17) is 0 Å². The van der Waals surface area contributed by atoms with Gasteiger partial charge in [-0.2, -0.15) is 0 Å². The molecule has 0 atom stereocenters. The van der Waals surface area contributed by atoms with E-state index in [0.717, 1.165) is 17.8 Å². The van der Waals surface area contributed by atoms with Gasteiger partial charge in [0.1, 0.15) is 0 Å². The van der Waals surface area contributed by atoms with Crippen LogP contribution >= 0.6 is 0 Å². The Labute approximate surface area is 140 Å². The smallest absolute Gasteiger partial charge is 0.0386 e. The van der Waals surface area contributed by atoms with E-state index in [1.807, 2.05) is 41.5 Å². The summed E-state index contributed by atoms with van der Waals surface area (Å²) in [6.07, 6.45) is 6.86. The molecule has 0 aromatic rings. The normalized spacial score (nSPS) is 17.4. The van der Waals surface area contributed by atoms with E-state index in [1.54, 1.807) is 0 Å². The van der Waals surface area contributed by atoms with E-state index in [-0.39, 0.29) is 0 Å². The number of hydrogen-bond donors (Lipinski definition) is 0. The molecule has 0 saturated heterocycles. The van der Waals surface area contributed by atoms with E-state index in [0.29, 0.717) is 0 Å². The van der Waals surface area contributed by atoms with Crippen LogP contribution in [0.15, 0.2) is 0 Å².